The molecule has 0 bridgehead atoms. The van der Waals surface area contributed by atoms with E-state index in [1.165, 1.54) is 6.92 Å². The van der Waals surface area contributed by atoms with Crippen LogP contribution < -0.4 is 0 Å². The lowest BCUT2D eigenvalue weighted by Gasteiger charge is -2.20. The van der Waals surface area contributed by atoms with Crippen molar-refractivity contribution in [3.8, 4) is 0 Å². The molecular weight excluding hydrogens is 256 g/mol. The van der Waals surface area contributed by atoms with Gasteiger partial charge in [-0.1, -0.05) is 35.0 Å². The normalized spacial score (nSPS) is 14.4. The molecule has 1 aromatic carbocycles. The highest BCUT2D eigenvalue weighted by Crippen LogP contribution is 2.24. The van der Waals surface area contributed by atoms with Crippen LogP contribution in [0.4, 0.5) is 0 Å². The van der Waals surface area contributed by atoms with E-state index in [0.29, 0.717) is 0 Å². The summed E-state index contributed by atoms with van der Waals surface area (Å²) < 4.78 is 6.20. The van der Waals surface area contributed by atoms with Gasteiger partial charge in [0, 0.05) is 17.3 Å². The molecule has 2 atom stereocenters. The third-order valence-electron chi connectivity index (χ3n) is 2.43. The van der Waals surface area contributed by atoms with Crippen molar-refractivity contribution in [1.82, 2.24) is 0 Å². The first-order valence-electron chi connectivity index (χ1n) is 4.93. The molecule has 1 rings (SSSR count). The largest absolute Gasteiger partial charge is 0.462 e. The molecule has 1 aromatic rings. The van der Waals surface area contributed by atoms with Gasteiger partial charge >= 0.3 is 5.97 Å². The Balaban J connectivity index is 2.75. The van der Waals surface area contributed by atoms with Crippen LogP contribution in [-0.2, 0) is 9.53 Å². The molecule has 0 N–H and O–H groups in total. The molecule has 0 aliphatic rings. The number of hydrogen-bond acceptors (Lipinski definition) is 2. The monoisotopic (exact) mass is 270 g/mol. The van der Waals surface area contributed by atoms with E-state index in [4.69, 9.17) is 4.74 Å². The van der Waals surface area contributed by atoms with Gasteiger partial charge in [0.05, 0.1) is 0 Å². The maximum atomic E-state index is 10.8. The molecule has 15 heavy (non-hydrogen) atoms. The van der Waals surface area contributed by atoms with E-state index >= 15 is 0 Å². The summed E-state index contributed by atoms with van der Waals surface area (Å²) in [5.41, 5.74) is 1.16. The molecular formula is C12H15BrO2. The summed E-state index contributed by atoms with van der Waals surface area (Å²) in [5.74, 6) is -0.0317. The fourth-order valence-electron chi connectivity index (χ4n) is 1.42. The summed E-state index contributed by atoms with van der Waals surface area (Å²) in [6.45, 7) is 5.40. The van der Waals surface area contributed by atoms with Gasteiger partial charge < -0.3 is 4.74 Å². The minimum atomic E-state index is -0.232. The van der Waals surface area contributed by atoms with Crippen LogP contribution in [0.25, 0.3) is 0 Å². The second-order valence-corrected chi connectivity index (χ2v) is 4.57. The number of carbonyl (C=O) groups is 1. The Labute approximate surface area is 98.8 Å². The van der Waals surface area contributed by atoms with E-state index < -0.39 is 0 Å². The van der Waals surface area contributed by atoms with E-state index in [1.54, 1.807) is 0 Å². The Morgan fingerprint density at radius 3 is 2.60 bits per heavy atom. The molecule has 0 fully saturated rings. The number of hydrogen-bond donors (Lipinski definition) is 0. The molecule has 0 aromatic heterocycles. The second kappa shape index (κ2) is 5.31. The Bertz CT molecular complexity index is 349. The van der Waals surface area contributed by atoms with Crippen molar-refractivity contribution in [1.29, 1.82) is 0 Å². The quantitative estimate of drug-likeness (QED) is 0.786. The van der Waals surface area contributed by atoms with Gasteiger partial charge in [-0.15, -0.1) is 0 Å². The average molecular weight is 271 g/mol. The molecule has 2 nitrogen and oxygen atoms in total. The lowest BCUT2D eigenvalue weighted by atomic mass is 9.96. The molecule has 82 valence electrons. The summed E-state index contributed by atoms with van der Waals surface area (Å²) >= 11 is 3.42. The summed E-state index contributed by atoms with van der Waals surface area (Å²) in [7, 11) is 0. The molecule has 0 radical (unpaired) electrons. The van der Waals surface area contributed by atoms with Crippen molar-refractivity contribution >= 4 is 21.9 Å². The number of rotatable bonds is 3. The van der Waals surface area contributed by atoms with Gasteiger partial charge in [-0.3, -0.25) is 4.79 Å². The smallest absolute Gasteiger partial charge is 0.302 e. The number of halogens is 1. The predicted molar refractivity (Wildman–Crippen MR) is 63.8 cm³/mol. The summed E-state index contributed by atoms with van der Waals surface area (Å²) in [5, 5.41) is 0. The first kappa shape index (κ1) is 12.2. The average Bonchev–Trinajstić information content (AvgIpc) is 2.15. The predicted octanol–water partition coefficient (Wildman–Crippen LogP) is 3.50. The lowest BCUT2D eigenvalue weighted by molar-refractivity contribution is -0.146. The molecule has 0 saturated heterocycles. The van der Waals surface area contributed by atoms with Crippen LogP contribution in [0.2, 0.25) is 0 Å². The van der Waals surface area contributed by atoms with Crippen LogP contribution in [-0.4, -0.2) is 12.1 Å². The standard InChI is InChI=1S/C12H15BrO2/c1-8(9(2)15-10(3)14)11-5-4-6-12(13)7-11/h4-9H,1-3H3/t8-,9+/m1/s1. The summed E-state index contributed by atoms with van der Waals surface area (Å²) in [6, 6.07) is 8.04. The summed E-state index contributed by atoms with van der Waals surface area (Å²) in [6.07, 6.45) is -0.100. The Morgan fingerprint density at radius 1 is 1.40 bits per heavy atom. The lowest BCUT2D eigenvalue weighted by Crippen LogP contribution is -2.19. The molecule has 0 spiro atoms. The molecule has 0 saturated carbocycles. The molecule has 0 aliphatic heterocycles. The van der Waals surface area contributed by atoms with Crippen LogP contribution in [0, 0.1) is 0 Å². The van der Waals surface area contributed by atoms with E-state index in [0.717, 1.165) is 10.0 Å². The Kier molecular flexibility index (Phi) is 4.33. The van der Waals surface area contributed by atoms with E-state index in [1.807, 2.05) is 31.2 Å². The van der Waals surface area contributed by atoms with Gasteiger partial charge in [-0.05, 0) is 24.6 Å². The molecule has 0 aliphatic carbocycles. The van der Waals surface area contributed by atoms with Crippen LogP contribution in [0.15, 0.2) is 28.7 Å². The van der Waals surface area contributed by atoms with Crippen molar-refractivity contribution in [2.24, 2.45) is 0 Å². The zero-order valence-electron chi connectivity index (χ0n) is 9.16. The van der Waals surface area contributed by atoms with Crippen molar-refractivity contribution in [2.45, 2.75) is 32.8 Å². The van der Waals surface area contributed by atoms with Gasteiger partial charge in [-0.25, -0.2) is 0 Å². The highest BCUT2D eigenvalue weighted by atomic mass is 79.9. The Morgan fingerprint density at radius 2 is 2.07 bits per heavy atom. The highest BCUT2D eigenvalue weighted by Gasteiger charge is 2.16. The van der Waals surface area contributed by atoms with E-state index in [2.05, 4.69) is 22.9 Å². The SMILES string of the molecule is CC(=O)O[C@@H](C)[C@@H](C)c1cccc(Br)c1. The first-order valence-corrected chi connectivity index (χ1v) is 5.72. The fourth-order valence-corrected chi connectivity index (χ4v) is 1.84. The number of benzene rings is 1. The third kappa shape index (κ3) is 3.67. The van der Waals surface area contributed by atoms with Gasteiger partial charge in [-0.2, -0.15) is 0 Å². The van der Waals surface area contributed by atoms with Crippen molar-refractivity contribution < 1.29 is 9.53 Å². The van der Waals surface area contributed by atoms with Gasteiger partial charge in [0.1, 0.15) is 6.10 Å². The zero-order chi connectivity index (χ0) is 11.4. The highest BCUT2D eigenvalue weighted by molar-refractivity contribution is 9.10. The van der Waals surface area contributed by atoms with Gasteiger partial charge in [0.25, 0.3) is 0 Å². The van der Waals surface area contributed by atoms with Crippen molar-refractivity contribution in [2.75, 3.05) is 0 Å². The third-order valence-corrected chi connectivity index (χ3v) is 2.92. The molecule has 3 heteroatoms. The Hall–Kier alpha value is -0.830. The second-order valence-electron chi connectivity index (χ2n) is 3.66. The molecule has 0 heterocycles. The number of ether oxygens (including phenoxy) is 1. The maximum Gasteiger partial charge on any atom is 0.302 e. The fraction of sp³-hybridized carbons (Fsp3) is 0.417. The molecule has 0 amide bonds. The minimum absolute atomic E-state index is 0.100. The van der Waals surface area contributed by atoms with Crippen LogP contribution in [0.1, 0.15) is 32.3 Å². The van der Waals surface area contributed by atoms with Crippen LogP contribution in [0.5, 0.6) is 0 Å². The number of esters is 1. The minimum Gasteiger partial charge on any atom is -0.462 e. The number of carbonyl (C=O) groups excluding carboxylic acids is 1. The zero-order valence-corrected chi connectivity index (χ0v) is 10.7. The van der Waals surface area contributed by atoms with E-state index in [-0.39, 0.29) is 18.0 Å². The van der Waals surface area contributed by atoms with Gasteiger partial charge in [0.15, 0.2) is 0 Å². The van der Waals surface area contributed by atoms with Crippen molar-refractivity contribution in [3.05, 3.63) is 34.3 Å². The van der Waals surface area contributed by atoms with E-state index in [9.17, 15) is 4.79 Å². The first-order chi connectivity index (χ1) is 7.00. The van der Waals surface area contributed by atoms with Crippen LogP contribution in [0.3, 0.4) is 0 Å². The topological polar surface area (TPSA) is 26.3 Å². The maximum absolute atomic E-state index is 10.8. The molecule has 0 unspecified atom stereocenters. The van der Waals surface area contributed by atoms with Crippen molar-refractivity contribution in [3.63, 3.8) is 0 Å². The van der Waals surface area contributed by atoms with Crippen LogP contribution >= 0.6 is 15.9 Å². The summed E-state index contributed by atoms with van der Waals surface area (Å²) in [4.78, 5) is 10.8. The van der Waals surface area contributed by atoms with Gasteiger partial charge in [0.2, 0.25) is 0 Å².